The molecule has 15 heteroatoms. The van der Waals surface area contributed by atoms with Gasteiger partial charge in [-0.3, -0.25) is 24.0 Å². The van der Waals surface area contributed by atoms with Crippen LogP contribution >= 0.6 is 22.7 Å². The van der Waals surface area contributed by atoms with Gasteiger partial charge in [-0.2, -0.15) is 0 Å². The Bertz CT molecular complexity index is 1300. The maximum atomic E-state index is 13.5. The predicted molar refractivity (Wildman–Crippen MR) is 165 cm³/mol. The Hall–Kier alpha value is -3.59. The zero-order chi connectivity index (χ0) is 31.1. The van der Waals surface area contributed by atoms with Crippen LogP contribution in [-0.2, 0) is 24.0 Å². The molecule has 4 aliphatic heterocycles. The Labute approximate surface area is 264 Å². The number of rotatable bonds is 8. The molecule has 236 valence electrons. The van der Waals surface area contributed by atoms with Gasteiger partial charge in [-0.25, -0.2) is 9.97 Å². The topological polar surface area (TPSA) is 148 Å². The Kier molecular flexibility index (Phi) is 8.35. The number of hydrogen-bond donors (Lipinski definition) is 2. The number of likely N-dealkylation sites (tertiary alicyclic amines) is 2. The lowest BCUT2D eigenvalue weighted by atomic mass is 9.64. The lowest BCUT2D eigenvalue weighted by Crippen LogP contribution is -2.70. The highest BCUT2D eigenvalue weighted by molar-refractivity contribution is 7.13. The number of piperidine rings is 2. The molecule has 13 nitrogen and oxygen atoms in total. The summed E-state index contributed by atoms with van der Waals surface area (Å²) in [5, 5.41) is 11.0. The van der Waals surface area contributed by atoms with Gasteiger partial charge in [0.2, 0.25) is 23.6 Å². The van der Waals surface area contributed by atoms with Crippen molar-refractivity contribution in [2.75, 3.05) is 62.2 Å². The molecule has 0 aromatic carbocycles. The van der Waals surface area contributed by atoms with Crippen LogP contribution in [0.5, 0.6) is 0 Å². The van der Waals surface area contributed by atoms with Gasteiger partial charge in [-0.05, 0) is 39.5 Å². The molecule has 0 saturated carbocycles. The second-order valence-electron chi connectivity index (χ2n) is 12.7. The number of ketones is 1. The SMILES string of the molecule is CC12CN(C(=O)CNC(=O)[C@@H]3CCCN3c3nccs3)CC(C)(CN(C(=O)CNC(=O)[C@@H]3CCCN3c3nccs3)C1)C2=O. The van der Waals surface area contributed by atoms with Crippen LogP contribution in [0.25, 0.3) is 0 Å². The number of nitrogens with one attached hydrogen (secondary N) is 2. The van der Waals surface area contributed by atoms with Gasteiger partial charge in [0.15, 0.2) is 16.0 Å². The van der Waals surface area contributed by atoms with Crippen molar-refractivity contribution < 1.29 is 24.0 Å². The zero-order valence-corrected chi connectivity index (χ0v) is 26.6. The fourth-order valence-corrected chi connectivity index (χ4v) is 8.74. The van der Waals surface area contributed by atoms with Gasteiger partial charge in [0.05, 0.1) is 23.9 Å². The highest BCUT2D eigenvalue weighted by Crippen LogP contribution is 2.42. The number of nitrogens with zero attached hydrogens (tertiary/aromatic N) is 6. The van der Waals surface area contributed by atoms with Gasteiger partial charge in [0, 0.05) is 62.4 Å². The average molecular weight is 643 g/mol. The Morgan fingerprint density at radius 1 is 0.773 bits per heavy atom. The molecule has 4 aliphatic rings. The summed E-state index contributed by atoms with van der Waals surface area (Å²) in [5.41, 5.74) is -1.91. The Morgan fingerprint density at radius 3 is 1.55 bits per heavy atom. The number of carbonyl (C=O) groups excluding carboxylic acids is 5. The van der Waals surface area contributed by atoms with Crippen LogP contribution in [0.4, 0.5) is 10.3 Å². The molecule has 2 aromatic heterocycles. The summed E-state index contributed by atoms with van der Waals surface area (Å²) < 4.78 is 0. The van der Waals surface area contributed by atoms with E-state index in [1.54, 1.807) is 36.0 Å². The van der Waals surface area contributed by atoms with Crippen LogP contribution in [0.15, 0.2) is 23.2 Å². The van der Waals surface area contributed by atoms with Crippen LogP contribution in [0, 0.1) is 10.8 Å². The summed E-state index contributed by atoms with van der Waals surface area (Å²) in [6, 6.07) is -0.731. The predicted octanol–water partition coefficient (Wildman–Crippen LogP) is 0.736. The highest BCUT2D eigenvalue weighted by atomic mass is 32.1. The third-order valence-electron chi connectivity index (χ3n) is 9.23. The number of carbonyl (C=O) groups is 5. The molecule has 44 heavy (non-hydrogen) atoms. The molecule has 0 aliphatic carbocycles. The first kappa shape index (κ1) is 30.4. The first-order chi connectivity index (χ1) is 21.1. The van der Waals surface area contributed by atoms with Crippen molar-refractivity contribution in [1.29, 1.82) is 0 Å². The number of fused-ring (bicyclic) bond motifs is 2. The van der Waals surface area contributed by atoms with E-state index in [9.17, 15) is 24.0 Å². The van der Waals surface area contributed by atoms with E-state index in [1.165, 1.54) is 22.7 Å². The first-order valence-electron chi connectivity index (χ1n) is 15.1. The summed E-state index contributed by atoms with van der Waals surface area (Å²) in [6.45, 7) is 5.39. The van der Waals surface area contributed by atoms with E-state index in [0.717, 1.165) is 36.2 Å². The van der Waals surface area contributed by atoms with Gasteiger partial charge >= 0.3 is 0 Å². The summed E-state index contributed by atoms with van der Waals surface area (Å²) in [6.07, 6.45) is 6.57. The summed E-state index contributed by atoms with van der Waals surface area (Å²) >= 11 is 2.97. The highest BCUT2D eigenvalue weighted by Gasteiger charge is 2.57. The molecule has 0 radical (unpaired) electrons. The lowest BCUT2D eigenvalue weighted by Gasteiger charge is -2.55. The maximum Gasteiger partial charge on any atom is 0.243 e. The van der Waals surface area contributed by atoms with Gasteiger partial charge in [0.25, 0.3) is 0 Å². The minimum atomic E-state index is -0.954. The molecule has 6 rings (SSSR count). The fourth-order valence-electron chi connectivity index (χ4n) is 7.30. The van der Waals surface area contributed by atoms with Crippen molar-refractivity contribution in [3.8, 4) is 0 Å². The number of aromatic nitrogens is 2. The largest absolute Gasteiger partial charge is 0.345 e. The minimum Gasteiger partial charge on any atom is -0.345 e. The van der Waals surface area contributed by atoms with Crippen LogP contribution in [0.3, 0.4) is 0 Å². The Balaban J connectivity index is 1.03. The molecule has 2 aromatic rings. The van der Waals surface area contributed by atoms with Crippen LogP contribution in [0.1, 0.15) is 39.5 Å². The standard InChI is InChI=1S/C29H38N8O5S2/c1-28-15-34(21(38)13-32-23(40)19-5-3-9-36(19)26-30-7-11-43-26)17-29(2,25(28)42)18-35(16-28)22(39)14-33-24(41)20-6-4-10-37(20)27-31-8-12-44-27/h7-8,11-12,19-20H,3-6,9-10,13-18H2,1-2H3,(H,32,40)(H,33,41)/t19-,20-,28?,29?/m0/s1. The van der Waals surface area contributed by atoms with Gasteiger partial charge in [0.1, 0.15) is 12.1 Å². The third-order valence-corrected chi connectivity index (χ3v) is 10.8. The van der Waals surface area contributed by atoms with E-state index in [4.69, 9.17) is 0 Å². The molecular weight excluding hydrogens is 605 g/mol. The molecular formula is C29H38N8O5S2. The van der Waals surface area contributed by atoms with Crippen LogP contribution < -0.4 is 20.4 Å². The summed E-state index contributed by atoms with van der Waals surface area (Å²) in [7, 11) is 0. The summed E-state index contributed by atoms with van der Waals surface area (Å²) in [4.78, 5) is 82.1. The molecule has 2 atom stereocenters. The maximum absolute atomic E-state index is 13.5. The number of amides is 4. The second kappa shape index (κ2) is 12.1. The van der Waals surface area contributed by atoms with Crippen LogP contribution in [0.2, 0.25) is 0 Å². The van der Waals surface area contributed by atoms with E-state index >= 15 is 0 Å². The molecule has 4 fully saturated rings. The van der Waals surface area contributed by atoms with Crippen molar-refractivity contribution in [2.45, 2.75) is 51.6 Å². The van der Waals surface area contributed by atoms with Crippen molar-refractivity contribution in [1.82, 2.24) is 30.4 Å². The van der Waals surface area contributed by atoms with Gasteiger partial charge in [-0.15, -0.1) is 22.7 Å². The van der Waals surface area contributed by atoms with E-state index in [0.29, 0.717) is 12.8 Å². The van der Waals surface area contributed by atoms with Crippen molar-refractivity contribution in [2.24, 2.45) is 10.8 Å². The van der Waals surface area contributed by atoms with Gasteiger partial charge < -0.3 is 30.2 Å². The monoisotopic (exact) mass is 642 g/mol. The smallest absolute Gasteiger partial charge is 0.243 e. The van der Waals surface area contributed by atoms with Gasteiger partial charge in [-0.1, -0.05) is 0 Å². The molecule has 6 heterocycles. The molecule has 4 saturated heterocycles. The van der Waals surface area contributed by atoms with E-state index in [-0.39, 0.29) is 80.8 Å². The quantitative estimate of drug-likeness (QED) is 0.425. The minimum absolute atomic E-state index is 0.0289. The molecule has 0 spiro atoms. The molecule has 2 bridgehead atoms. The fraction of sp³-hybridized carbons (Fsp3) is 0.621. The molecule has 2 N–H and O–H groups in total. The first-order valence-corrected chi connectivity index (χ1v) is 16.8. The average Bonchev–Trinajstić information content (AvgIpc) is 3.81. The van der Waals surface area contributed by atoms with Crippen molar-refractivity contribution in [3.05, 3.63) is 23.2 Å². The van der Waals surface area contributed by atoms with Crippen LogP contribution in [-0.4, -0.2) is 114 Å². The number of hydrogen-bond acceptors (Lipinski definition) is 11. The lowest BCUT2D eigenvalue weighted by molar-refractivity contribution is -0.166. The second-order valence-corrected chi connectivity index (χ2v) is 14.5. The molecule has 0 unspecified atom stereocenters. The normalized spacial score (nSPS) is 28.4. The van der Waals surface area contributed by atoms with E-state index in [1.807, 2.05) is 20.6 Å². The van der Waals surface area contributed by atoms with E-state index in [2.05, 4.69) is 20.6 Å². The Morgan fingerprint density at radius 2 is 1.18 bits per heavy atom. The van der Waals surface area contributed by atoms with Crippen molar-refractivity contribution in [3.63, 3.8) is 0 Å². The number of anilines is 2. The number of thiazole rings is 2. The number of Topliss-reactive ketones (excluding diaryl/α,β-unsaturated/α-hetero) is 1. The van der Waals surface area contributed by atoms with Crippen molar-refractivity contribution >= 4 is 62.3 Å². The zero-order valence-electron chi connectivity index (χ0n) is 25.0. The third kappa shape index (κ3) is 5.78. The summed E-state index contributed by atoms with van der Waals surface area (Å²) in [5.74, 6) is -0.891. The molecule has 4 amide bonds. The van der Waals surface area contributed by atoms with E-state index < -0.39 is 10.8 Å².